The monoisotopic (exact) mass is 526 g/mol. The summed E-state index contributed by atoms with van der Waals surface area (Å²) in [7, 11) is 6.81. The number of amides is 1. The van der Waals surface area contributed by atoms with Gasteiger partial charge in [0.1, 0.15) is 11.5 Å². The van der Waals surface area contributed by atoms with Crippen LogP contribution in [0.5, 0.6) is 11.5 Å². The number of carbonyl (C=O) groups excluding carboxylic acids is 1. The summed E-state index contributed by atoms with van der Waals surface area (Å²) in [6.45, 7) is 3.22. The second kappa shape index (κ2) is 12.9. The van der Waals surface area contributed by atoms with Crippen molar-refractivity contribution < 1.29 is 14.3 Å². The quantitative estimate of drug-likeness (QED) is 0.315. The molecule has 8 heteroatoms. The van der Waals surface area contributed by atoms with E-state index in [4.69, 9.17) is 9.47 Å². The molecule has 0 aliphatic rings. The normalized spacial score (nSPS) is 10.6. The molecular weight excluding hydrogens is 495 g/mol. The molecule has 0 radical (unpaired) electrons. The molecule has 0 aliphatic carbocycles. The van der Waals surface area contributed by atoms with E-state index in [1.165, 1.54) is 4.90 Å². The van der Waals surface area contributed by atoms with Crippen molar-refractivity contribution in [3.63, 3.8) is 0 Å². The van der Waals surface area contributed by atoms with Crippen molar-refractivity contribution in [3.05, 3.63) is 59.2 Å². The number of hydrogen-bond acceptors (Lipinski definition) is 4. The van der Waals surface area contributed by atoms with Crippen molar-refractivity contribution in [1.82, 2.24) is 15.5 Å². The molecule has 7 nitrogen and oxygen atoms in total. The first kappa shape index (κ1) is 25.5. The second-order valence-electron chi connectivity index (χ2n) is 6.82. The van der Waals surface area contributed by atoms with Gasteiger partial charge in [0.2, 0.25) is 0 Å². The SMILES string of the molecule is CN=C(NCc1cccc(OCC(=O)N(C)C)c1)NCc1ccc(C)cc1OC.I. The molecule has 0 heterocycles. The number of nitrogens with zero attached hydrogens (tertiary/aromatic N) is 2. The van der Waals surface area contributed by atoms with Crippen LogP contribution in [0.2, 0.25) is 0 Å². The number of guanidine groups is 1. The minimum atomic E-state index is -0.0790. The van der Waals surface area contributed by atoms with Gasteiger partial charge in [-0.1, -0.05) is 24.3 Å². The lowest BCUT2D eigenvalue weighted by Crippen LogP contribution is -2.36. The van der Waals surface area contributed by atoms with E-state index < -0.39 is 0 Å². The number of benzene rings is 2. The largest absolute Gasteiger partial charge is 0.496 e. The van der Waals surface area contributed by atoms with Gasteiger partial charge in [0, 0.05) is 39.8 Å². The number of nitrogens with one attached hydrogen (secondary N) is 2. The van der Waals surface area contributed by atoms with Gasteiger partial charge in [-0.2, -0.15) is 0 Å². The van der Waals surface area contributed by atoms with E-state index in [9.17, 15) is 4.79 Å². The third-order valence-corrected chi connectivity index (χ3v) is 4.33. The van der Waals surface area contributed by atoms with Crippen molar-refractivity contribution in [1.29, 1.82) is 0 Å². The molecule has 0 bridgehead atoms. The highest BCUT2D eigenvalue weighted by Gasteiger charge is 2.07. The molecule has 0 unspecified atom stereocenters. The van der Waals surface area contributed by atoms with Gasteiger partial charge in [-0.15, -0.1) is 24.0 Å². The predicted octanol–water partition coefficient (Wildman–Crippen LogP) is 2.95. The maximum absolute atomic E-state index is 11.7. The van der Waals surface area contributed by atoms with Crippen molar-refractivity contribution in [2.24, 2.45) is 4.99 Å². The number of halogens is 1. The Morgan fingerprint density at radius 2 is 1.83 bits per heavy atom. The Kier molecular flexibility index (Phi) is 11.0. The zero-order chi connectivity index (χ0) is 21.2. The Balaban J connectivity index is 0.00000450. The number of rotatable bonds is 8. The first-order chi connectivity index (χ1) is 13.9. The van der Waals surface area contributed by atoms with E-state index in [1.807, 2.05) is 43.3 Å². The van der Waals surface area contributed by atoms with Gasteiger partial charge < -0.3 is 25.0 Å². The summed E-state index contributed by atoms with van der Waals surface area (Å²) in [6.07, 6.45) is 0. The zero-order valence-electron chi connectivity index (χ0n) is 18.2. The molecule has 2 N–H and O–H groups in total. The third kappa shape index (κ3) is 8.10. The van der Waals surface area contributed by atoms with E-state index >= 15 is 0 Å². The number of aliphatic imine (C=N–C) groups is 1. The molecule has 0 aliphatic heterocycles. The molecule has 0 atom stereocenters. The topological polar surface area (TPSA) is 75.2 Å². The van der Waals surface area contributed by atoms with E-state index in [1.54, 1.807) is 28.3 Å². The van der Waals surface area contributed by atoms with Crippen LogP contribution in [-0.2, 0) is 17.9 Å². The summed E-state index contributed by atoms with van der Waals surface area (Å²) in [5, 5.41) is 6.58. The molecule has 1 amide bonds. The van der Waals surface area contributed by atoms with Gasteiger partial charge >= 0.3 is 0 Å². The van der Waals surface area contributed by atoms with E-state index in [0.717, 1.165) is 22.4 Å². The number of ether oxygens (including phenoxy) is 2. The standard InChI is InChI=1S/C22H30N4O3.HI/c1-16-9-10-18(20(11-16)28-5)14-25-22(23-2)24-13-17-7-6-8-19(12-17)29-15-21(27)26(3)4;/h6-12H,13-15H2,1-5H3,(H2,23,24,25);1H. The molecule has 164 valence electrons. The summed E-state index contributed by atoms with van der Waals surface area (Å²) in [6, 6.07) is 13.8. The summed E-state index contributed by atoms with van der Waals surface area (Å²) in [4.78, 5) is 17.4. The summed E-state index contributed by atoms with van der Waals surface area (Å²) < 4.78 is 11.0. The summed E-state index contributed by atoms with van der Waals surface area (Å²) >= 11 is 0. The number of aryl methyl sites for hydroxylation is 1. The van der Waals surface area contributed by atoms with Crippen LogP contribution in [0, 0.1) is 6.92 Å². The Labute approximate surface area is 195 Å². The van der Waals surface area contributed by atoms with E-state index in [2.05, 4.69) is 21.7 Å². The maximum Gasteiger partial charge on any atom is 0.259 e. The van der Waals surface area contributed by atoms with Crippen molar-refractivity contribution in [2.75, 3.05) is 34.9 Å². The lowest BCUT2D eigenvalue weighted by Gasteiger charge is -2.15. The Morgan fingerprint density at radius 1 is 1.10 bits per heavy atom. The minimum absolute atomic E-state index is 0. The van der Waals surface area contributed by atoms with Gasteiger partial charge in [-0.25, -0.2) is 0 Å². The molecule has 0 saturated heterocycles. The predicted molar refractivity (Wildman–Crippen MR) is 131 cm³/mol. The fourth-order valence-electron chi connectivity index (χ4n) is 2.60. The molecule has 0 spiro atoms. The Morgan fingerprint density at radius 3 is 2.50 bits per heavy atom. The third-order valence-electron chi connectivity index (χ3n) is 4.33. The molecule has 30 heavy (non-hydrogen) atoms. The van der Waals surface area contributed by atoms with Crippen LogP contribution in [0.3, 0.4) is 0 Å². The summed E-state index contributed by atoms with van der Waals surface area (Å²) in [5.74, 6) is 2.11. The molecule has 2 rings (SSSR count). The van der Waals surface area contributed by atoms with Gasteiger partial charge in [-0.05, 0) is 36.2 Å². The lowest BCUT2D eigenvalue weighted by molar-refractivity contribution is -0.130. The zero-order valence-corrected chi connectivity index (χ0v) is 20.5. The molecule has 0 saturated carbocycles. The number of hydrogen-bond donors (Lipinski definition) is 2. The average molecular weight is 526 g/mol. The van der Waals surface area contributed by atoms with Crippen LogP contribution >= 0.6 is 24.0 Å². The highest BCUT2D eigenvalue weighted by Crippen LogP contribution is 2.19. The molecule has 0 fully saturated rings. The first-order valence-electron chi connectivity index (χ1n) is 9.43. The van der Waals surface area contributed by atoms with Crippen LogP contribution in [0.4, 0.5) is 0 Å². The van der Waals surface area contributed by atoms with E-state index in [0.29, 0.717) is 24.8 Å². The molecule has 0 aromatic heterocycles. The van der Waals surface area contributed by atoms with Crippen LogP contribution in [-0.4, -0.2) is 51.6 Å². The van der Waals surface area contributed by atoms with Gasteiger partial charge in [0.15, 0.2) is 12.6 Å². The summed E-state index contributed by atoms with van der Waals surface area (Å²) in [5.41, 5.74) is 3.24. The highest BCUT2D eigenvalue weighted by atomic mass is 127. The second-order valence-corrected chi connectivity index (χ2v) is 6.82. The molecule has 2 aromatic carbocycles. The van der Waals surface area contributed by atoms with Crippen molar-refractivity contribution >= 4 is 35.8 Å². The van der Waals surface area contributed by atoms with Gasteiger partial charge in [0.05, 0.1) is 7.11 Å². The Bertz CT molecular complexity index is 856. The fourth-order valence-corrected chi connectivity index (χ4v) is 2.60. The highest BCUT2D eigenvalue weighted by molar-refractivity contribution is 14.0. The van der Waals surface area contributed by atoms with Gasteiger partial charge in [-0.3, -0.25) is 9.79 Å². The first-order valence-corrected chi connectivity index (χ1v) is 9.43. The van der Waals surface area contributed by atoms with Crippen LogP contribution in [0.1, 0.15) is 16.7 Å². The number of likely N-dealkylation sites (N-methyl/N-ethyl adjacent to an activating group) is 1. The lowest BCUT2D eigenvalue weighted by atomic mass is 10.1. The van der Waals surface area contributed by atoms with Gasteiger partial charge in [0.25, 0.3) is 5.91 Å². The minimum Gasteiger partial charge on any atom is -0.496 e. The average Bonchev–Trinajstić information content (AvgIpc) is 2.73. The van der Waals surface area contributed by atoms with E-state index in [-0.39, 0.29) is 36.5 Å². The van der Waals surface area contributed by atoms with Crippen molar-refractivity contribution in [2.45, 2.75) is 20.0 Å². The maximum atomic E-state index is 11.7. The molecular formula is C22H31IN4O3. The van der Waals surface area contributed by atoms with Crippen molar-refractivity contribution in [3.8, 4) is 11.5 Å². The number of methoxy groups -OCH3 is 1. The Hall–Kier alpha value is -2.49. The number of carbonyl (C=O) groups is 1. The molecule has 2 aromatic rings. The van der Waals surface area contributed by atoms with Crippen LogP contribution in [0.15, 0.2) is 47.5 Å². The smallest absolute Gasteiger partial charge is 0.259 e. The fraction of sp³-hybridized carbons (Fsp3) is 0.364. The van der Waals surface area contributed by atoms with Crippen LogP contribution < -0.4 is 20.1 Å². The van der Waals surface area contributed by atoms with Crippen LogP contribution in [0.25, 0.3) is 0 Å².